The lowest BCUT2D eigenvalue weighted by molar-refractivity contribution is -0.149. The summed E-state index contributed by atoms with van der Waals surface area (Å²) in [5.41, 5.74) is 2.84. The highest BCUT2D eigenvalue weighted by Crippen LogP contribution is 2.24. The molecule has 1 aliphatic rings. The summed E-state index contributed by atoms with van der Waals surface area (Å²) in [5, 5.41) is 3.34. The molecule has 1 amide bonds. The van der Waals surface area contributed by atoms with E-state index in [1.165, 1.54) is 0 Å². The molecule has 0 aromatic heterocycles. The number of benzene rings is 2. The lowest BCUT2D eigenvalue weighted by Crippen LogP contribution is -2.28. The van der Waals surface area contributed by atoms with Crippen molar-refractivity contribution in [3.63, 3.8) is 0 Å². The van der Waals surface area contributed by atoms with Crippen molar-refractivity contribution in [1.82, 2.24) is 0 Å². The Balaban J connectivity index is 1.56. The van der Waals surface area contributed by atoms with Crippen molar-refractivity contribution in [3.05, 3.63) is 58.1 Å². The molecular formula is C21H20ClNO5. The van der Waals surface area contributed by atoms with Crippen molar-refractivity contribution in [2.24, 2.45) is 0 Å². The lowest BCUT2D eigenvalue weighted by atomic mass is 9.99. The third-order valence-corrected chi connectivity index (χ3v) is 4.68. The number of fused-ring (bicyclic) bond motifs is 1. The monoisotopic (exact) mass is 401 g/mol. The first kappa shape index (κ1) is 19.9. The number of amides is 1. The van der Waals surface area contributed by atoms with Crippen LogP contribution in [0.1, 0.15) is 34.8 Å². The van der Waals surface area contributed by atoms with Gasteiger partial charge in [0.05, 0.1) is 0 Å². The number of carbonyl (C=O) groups is 3. The van der Waals surface area contributed by atoms with E-state index in [0.717, 1.165) is 11.1 Å². The molecule has 28 heavy (non-hydrogen) atoms. The average molecular weight is 402 g/mol. The van der Waals surface area contributed by atoms with E-state index in [0.29, 0.717) is 34.9 Å². The number of anilines is 1. The van der Waals surface area contributed by atoms with Crippen LogP contribution in [0.3, 0.4) is 0 Å². The number of hydrogen-bond acceptors (Lipinski definition) is 5. The van der Waals surface area contributed by atoms with Gasteiger partial charge in [-0.2, -0.15) is 0 Å². The second kappa shape index (κ2) is 8.44. The van der Waals surface area contributed by atoms with E-state index in [2.05, 4.69) is 5.32 Å². The lowest BCUT2D eigenvalue weighted by Gasteiger charge is -2.17. The first-order valence-electron chi connectivity index (χ1n) is 8.89. The molecule has 1 heterocycles. The van der Waals surface area contributed by atoms with Crippen molar-refractivity contribution in [3.8, 4) is 5.75 Å². The largest absolute Gasteiger partial charge is 0.479 e. The number of Topliss-reactive ketones (excluding diaryl/α,β-unsaturated/α-hetero) is 1. The Morgan fingerprint density at radius 3 is 2.71 bits per heavy atom. The summed E-state index contributed by atoms with van der Waals surface area (Å²) in [6.45, 7) is 3.00. The van der Waals surface area contributed by atoms with Gasteiger partial charge in [-0.05, 0) is 67.8 Å². The molecule has 1 N–H and O–H groups in total. The van der Waals surface area contributed by atoms with Gasteiger partial charge in [0.1, 0.15) is 5.75 Å². The second-order valence-electron chi connectivity index (χ2n) is 6.62. The molecule has 6 nitrogen and oxygen atoms in total. The third-order valence-electron chi connectivity index (χ3n) is 4.44. The molecule has 146 valence electrons. The summed E-state index contributed by atoms with van der Waals surface area (Å²) in [7, 11) is 0. The van der Waals surface area contributed by atoms with E-state index >= 15 is 0 Å². The summed E-state index contributed by atoms with van der Waals surface area (Å²) < 4.78 is 10.7. The highest BCUT2D eigenvalue weighted by atomic mass is 35.5. The minimum atomic E-state index is -0.869. The average Bonchev–Trinajstić information content (AvgIpc) is 2.67. The van der Waals surface area contributed by atoms with E-state index in [-0.39, 0.29) is 18.3 Å². The molecule has 0 bridgehead atoms. The van der Waals surface area contributed by atoms with Gasteiger partial charge in [0, 0.05) is 22.7 Å². The molecule has 7 heteroatoms. The van der Waals surface area contributed by atoms with Gasteiger partial charge in [0.25, 0.3) is 0 Å². The van der Waals surface area contributed by atoms with Crippen molar-refractivity contribution >= 4 is 34.9 Å². The Hall–Kier alpha value is -2.86. The van der Waals surface area contributed by atoms with Crippen molar-refractivity contribution in [2.75, 3.05) is 11.9 Å². The summed E-state index contributed by atoms with van der Waals surface area (Å²) in [6.07, 6.45) is 0.0952. The molecule has 2 aromatic carbocycles. The maximum Gasteiger partial charge on any atom is 0.347 e. The first-order chi connectivity index (χ1) is 13.3. The van der Waals surface area contributed by atoms with Crippen LogP contribution in [0.4, 0.5) is 5.69 Å². The number of rotatable bonds is 6. The maximum absolute atomic E-state index is 12.4. The van der Waals surface area contributed by atoms with E-state index in [1.807, 2.05) is 6.92 Å². The van der Waals surface area contributed by atoms with Crippen LogP contribution in [0.2, 0.25) is 5.02 Å². The van der Waals surface area contributed by atoms with E-state index < -0.39 is 12.1 Å². The summed E-state index contributed by atoms with van der Waals surface area (Å²) >= 11 is 5.90. The molecular weight excluding hydrogens is 382 g/mol. The zero-order chi connectivity index (χ0) is 20.3. The Labute approximate surface area is 167 Å². The predicted molar refractivity (Wildman–Crippen MR) is 105 cm³/mol. The van der Waals surface area contributed by atoms with Gasteiger partial charge in [0.2, 0.25) is 5.91 Å². The quantitative estimate of drug-likeness (QED) is 0.589. The molecule has 0 saturated carbocycles. The highest BCUT2D eigenvalue weighted by Gasteiger charge is 2.21. The third kappa shape index (κ3) is 4.70. The number of ketones is 1. The van der Waals surface area contributed by atoms with Crippen LogP contribution in [0.25, 0.3) is 0 Å². The van der Waals surface area contributed by atoms with Crippen LogP contribution >= 0.6 is 11.6 Å². The van der Waals surface area contributed by atoms with Crippen LogP contribution < -0.4 is 10.1 Å². The van der Waals surface area contributed by atoms with Gasteiger partial charge in [-0.25, -0.2) is 4.79 Å². The predicted octanol–water partition coefficient (Wildman–Crippen LogP) is 3.73. The second-order valence-corrected chi connectivity index (χ2v) is 7.06. The van der Waals surface area contributed by atoms with E-state index in [4.69, 9.17) is 21.1 Å². The summed E-state index contributed by atoms with van der Waals surface area (Å²) in [4.78, 5) is 35.9. The van der Waals surface area contributed by atoms with Crippen molar-refractivity contribution < 1.29 is 23.9 Å². The van der Waals surface area contributed by atoms with Crippen molar-refractivity contribution in [2.45, 2.75) is 32.8 Å². The number of aryl methyl sites for hydroxylation is 2. The molecule has 0 fully saturated rings. The van der Waals surface area contributed by atoms with E-state index in [1.54, 1.807) is 43.3 Å². The zero-order valence-corrected chi connectivity index (χ0v) is 16.3. The smallest absolute Gasteiger partial charge is 0.347 e. The fourth-order valence-corrected chi connectivity index (χ4v) is 3.10. The van der Waals surface area contributed by atoms with Gasteiger partial charge in [0.15, 0.2) is 18.5 Å². The van der Waals surface area contributed by atoms with Gasteiger partial charge >= 0.3 is 5.97 Å². The molecule has 0 aliphatic carbocycles. The number of nitrogens with one attached hydrogen (secondary N) is 1. The maximum atomic E-state index is 12.4. The fourth-order valence-electron chi connectivity index (χ4n) is 2.88. The van der Waals surface area contributed by atoms with Gasteiger partial charge < -0.3 is 14.8 Å². The molecule has 3 rings (SSSR count). The molecule has 1 unspecified atom stereocenters. The molecule has 1 atom stereocenters. The highest BCUT2D eigenvalue weighted by molar-refractivity contribution is 6.30. The number of halogens is 1. The fraction of sp³-hybridized carbons (Fsp3) is 0.286. The molecule has 2 aromatic rings. The number of carbonyl (C=O) groups excluding carboxylic acids is 3. The number of ether oxygens (including phenoxy) is 2. The van der Waals surface area contributed by atoms with Crippen LogP contribution in [-0.2, 0) is 20.7 Å². The molecule has 0 spiro atoms. The van der Waals surface area contributed by atoms with Crippen LogP contribution in [0, 0.1) is 6.92 Å². The SMILES string of the molecule is Cc1cc(Cl)ccc1OC(C)C(=O)OCC(=O)c1ccc2c(c1)CCC(=O)N2. The standard InChI is InChI=1S/C21H20ClNO5/c1-12-9-16(22)5-7-19(12)28-13(2)21(26)27-11-18(24)15-3-6-17-14(10-15)4-8-20(25)23-17/h3,5-7,9-10,13H,4,8,11H2,1-2H3,(H,23,25). The number of hydrogen-bond donors (Lipinski definition) is 1. The van der Waals surface area contributed by atoms with Crippen molar-refractivity contribution in [1.29, 1.82) is 0 Å². The van der Waals surface area contributed by atoms with Crippen LogP contribution in [0.5, 0.6) is 5.75 Å². The van der Waals surface area contributed by atoms with E-state index in [9.17, 15) is 14.4 Å². The minimum Gasteiger partial charge on any atom is -0.479 e. The van der Waals surface area contributed by atoms with Crippen LogP contribution in [0.15, 0.2) is 36.4 Å². The molecule has 0 radical (unpaired) electrons. The summed E-state index contributed by atoms with van der Waals surface area (Å²) in [5.74, 6) is -0.460. The number of esters is 1. The molecule has 0 saturated heterocycles. The minimum absolute atomic E-state index is 0.0366. The Morgan fingerprint density at radius 1 is 1.18 bits per heavy atom. The van der Waals surface area contributed by atoms with Gasteiger partial charge in [-0.15, -0.1) is 0 Å². The normalized spacial score (nSPS) is 13.9. The van der Waals surface area contributed by atoms with Gasteiger partial charge in [-0.3, -0.25) is 9.59 Å². The Morgan fingerprint density at radius 2 is 1.96 bits per heavy atom. The first-order valence-corrected chi connectivity index (χ1v) is 9.26. The summed E-state index contributed by atoms with van der Waals surface area (Å²) in [6, 6.07) is 10.1. The molecule has 1 aliphatic heterocycles. The van der Waals surface area contributed by atoms with Gasteiger partial charge in [-0.1, -0.05) is 11.6 Å². The Bertz CT molecular complexity index is 940. The topological polar surface area (TPSA) is 81.7 Å². The zero-order valence-electron chi connectivity index (χ0n) is 15.6. The van der Waals surface area contributed by atoms with Crippen LogP contribution in [-0.4, -0.2) is 30.4 Å². The Kier molecular flexibility index (Phi) is 5.99.